The van der Waals surface area contributed by atoms with Crippen LogP contribution in [0.1, 0.15) is 33.6 Å². The van der Waals surface area contributed by atoms with Crippen LogP contribution in [-0.2, 0) is 9.53 Å². The van der Waals surface area contributed by atoms with E-state index in [2.05, 4.69) is 18.7 Å². The van der Waals surface area contributed by atoms with Gasteiger partial charge in [-0.05, 0) is 18.8 Å². The van der Waals surface area contributed by atoms with Gasteiger partial charge in [0.25, 0.3) is 0 Å². The van der Waals surface area contributed by atoms with Gasteiger partial charge in [0, 0.05) is 25.1 Å². The van der Waals surface area contributed by atoms with Crippen LogP contribution in [-0.4, -0.2) is 54.2 Å². The Balaban J connectivity index is 2.13. The van der Waals surface area contributed by atoms with Gasteiger partial charge in [0.15, 0.2) is 5.78 Å². The van der Waals surface area contributed by atoms with Crippen molar-refractivity contribution in [2.24, 2.45) is 11.3 Å². The molecule has 0 aromatic carbocycles. The molecule has 4 nitrogen and oxygen atoms in total. The number of piperidine rings is 3. The summed E-state index contributed by atoms with van der Waals surface area (Å²) in [5.41, 5.74) is -1.03. The van der Waals surface area contributed by atoms with Crippen molar-refractivity contribution in [2.45, 2.75) is 39.2 Å². The van der Waals surface area contributed by atoms with Crippen molar-refractivity contribution in [3.05, 3.63) is 0 Å². The highest BCUT2D eigenvalue weighted by molar-refractivity contribution is 5.95. The highest BCUT2D eigenvalue weighted by atomic mass is 16.5. The largest absolute Gasteiger partial charge is 0.394 e. The number of carbonyl (C=O) groups is 1. The molecule has 3 saturated heterocycles. The van der Waals surface area contributed by atoms with Crippen molar-refractivity contribution in [1.82, 2.24) is 4.90 Å². The summed E-state index contributed by atoms with van der Waals surface area (Å²) in [5, 5.41) is 9.77. The first-order chi connectivity index (χ1) is 8.44. The molecule has 1 atom stereocenters. The van der Waals surface area contributed by atoms with E-state index in [9.17, 15) is 9.90 Å². The zero-order valence-corrected chi connectivity index (χ0v) is 11.7. The summed E-state index contributed by atoms with van der Waals surface area (Å²) in [6.07, 6.45) is 1.83. The Bertz CT molecular complexity index is 321. The lowest BCUT2D eigenvalue weighted by Crippen LogP contribution is -2.72. The summed E-state index contributed by atoms with van der Waals surface area (Å²) in [4.78, 5) is 14.8. The molecule has 104 valence electrons. The van der Waals surface area contributed by atoms with Gasteiger partial charge in [-0.2, -0.15) is 0 Å². The lowest BCUT2D eigenvalue weighted by molar-refractivity contribution is -0.170. The SMILES string of the molecule is CC(C)COCC1(CO)C(=O)C2(C)CCN1CC2. The number of Topliss-reactive ketones (excluding diaryl/α,β-unsaturated/α-hetero) is 1. The Morgan fingerprint density at radius 3 is 2.50 bits per heavy atom. The molecule has 18 heavy (non-hydrogen) atoms. The van der Waals surface area contributed by atoms with Crippen LogP contribution in [0.4, 0.5) is 0 Å². The van der Waals surface area contributed by atoms with Crippen LogP contribution in [0.15, 0.2) is 0 Å². The third kappa shape index (κ3) is 2.10. The molecular formula is C14H25NO3. The quantitative estimate of drug-likeness (QED) is 0.798. The minimum absolute atomic E-state index is 0.125. The molecule has 4 heteroatoms. The van der Waals surface area contributed by atoms with Gasteiger partial charge < -0.3 is 9.84 Å². The number of carbonyl (C=O) groups excluding carboxylic acids is 1. The number of ether oxygens (including phenoxy) is 1. The van der Waals surface area contributed by atoms with E-state index in [-0.39, 0.29) is 17.8 Å². The van der Waals surface area contributed by atoms with Crippen molar-refractivity contribution in [1.29, 1.82) is 0 Å². The molecule has 0 radical (unpaired) electrons. The van der Waals surface area contributed by atoms with E-state index in [1.807, 2.05) is 6.92 Å². The smallest absolute Gasteiger partial charge is 0.163 e. The third-order valence-corrected chi connectivity index (χ3v) is 4.50. The molecule has 0 saturated carbocycles. The zero-order valence-electron chi connectivity index (χ0n) is 11.7. The maximum atomic E-state index is 12.7. The Kier molecular flexibility index (Phi) is 3.81. The standard InChI is InChI=1S/C14H25NO3/c1-11(2)8-18-10-14(9-16)12(17)13(3)4-6-15(14)7-5-13/h11,16H,4-10H2,1-3H3. The molecule has 0 aliphatic carbocycles. The van der Waals surface area contributed by atoms with Gasteiger partial charge in [-0.3, -0.25) is 9.69 Å². The van der Waals surface area contributed by atoms with E-state index in [0.717, 1.165) is 25.9 Å². The van der Waals surface area contributed by atoms with Crippen molar-refractivity contribution in [3.63, 3.8) is 0 Å². The molecule has 3 aliphatic rings. The molecule has 3 heterocycles. The fourth-order valence-corrected chi connectivity index (χ4v) is 3.20. The molecule has 0 aromatic heterocycles. The van der Waals surface area contributed by atoms with Gasteiger partial charge in [-0.1, -0.05) is 20.8 Å². The second-order valence-electron chi connectivity index (χ2n) is 6.48. The van der Waals surface area contributed by atoms with Crippen molar-refractivity contribution in [3.8, 4) is 0 Å². The average Bonchev–Trinajstić information content (AvgIpc) is 2.34. The molecule has 2 bridgehead atoms. The van der Waals surface area contributed by atoms with Crippen LogP contribution in [0.2, 0.25) is 0 Å². The lowest BCUT2D eigenvalue weighted by atomic mass is 9.64. The number of nitrogens with zero attached hydrogens (tertiary/aromatic N) is 1. The minimum Gasteiger partial charge on any atom is -0.394 e. The predicted molar refractivity (Wildman–Crippen MR) is 69.4 cm³/mol. The molecule has 3 rings (SSSR count). The van der Waals surface area contributed by atoms with E-state index >= 15 is 0 Å². The highest BCUT2D eigenvalue weighted by Gasteiger charge is 2.58. The van der Waals surface area contributed by atoms with Crippen LogP contribution in [0.25, 0.3) is 0 Å². The Labute approximate surface area is 109 Å². The molecule has 1 N–H and O–H groups in total. The van der Waals surface area contributed by atoms with Crippen molar-refractivity contribution < 1.29 is 14.6 Å². The lowest BCUT2D eigenvalue weighted by Gasteiger charge is -2.56. The maximum Gasteiger partial charge on any atom is 0.163 e. The number of hydrogen-bond donors (Lipinski definition) is 1. The topological polar surface area (TPSA) is 49.8 Å². The van der Waals surface area contributed by atoms with Gasteiger partial charge in [0.05, 0.1) is 13.2 Å². The number of aliphatic hydroxyl groups excluding tert-OH is 1. The molecule has 0 spiro atoms. The maximum absolute atomic E-state index is 12.7. The normalized spacial score (nSPS) is 39.6. The van der Waals surface area contributed by atoms with E-state index in [0.29, 0.717) is 19.1 Å². The molecule has 0 amide bonds. The summed E-state index contributed by atoms with van der Waals surface area (Å²) in [6.45, 7) is 8.85. The highest BCUT2D eigenvalue weighted by Crippen LogP contribution is 2.44. The number of fused-ring (bicyclic) bond motifs is 3. The Morgan fingerprint density at radius 1 is 1.39 bits per heavy atom. The fourth-order valence-electron chi connectivity index (χ4n) is 3.20. The first-order valence-corrected chi connectivity index (χ1v) is 6.93. The van der Waals surface area contributed by atoms with Gasteiger partial charge in [0.1, 0.15) is 5.54 Å². The van der Waals surface area contributed by atoms with Crippen LogP contribution in [0, 0.1) is 11.3 Å². The van der Waals surface area contributed by atoms with Gasteiger partial charge in [0.2, 0.25) is 0 Å². The molecule has 3 fully saturated rings. The summed E-state index contributed by atoms with van der Waals surface area (Å²) in [5.74, 6) is 0.626. The molecule has 1 unspecified atom stereocenters. The first-order valence-electron chi connectivity index (χ1n) is 6.93. The number of aliphatic hydroxyl groups is 1. The van der Waals surface area contributed by atoms with Crippen LogP contribution < -0.4 is 0 Å². The predicted octanol–water partition coefficient (Wildman–Crippen LogP) is 1.07. The van der Waals surface area contributed by atoms with Crippen LogP contribution in [0.3, 0.4) is 0 Å². The fraction of sp³-hybridized carbons (Fsp3) is 0.929. The first kappa shape index (κ1) is 14.0. The number of ketones is 1. The van der Waals surface area contributed by atoms with Crippen LogP contribution >= 0.6 is 0 Å². The van der Waals surface area contributed by atoms with E-state index < -0.39 is 5.54 Å². The second-order valence-corrected chi connectivity index (χ2v) is 6.48. The average molecular weight is 255 g/mol. The minimum atomic E-state index is -0.778. The second kappa shape index (κ2) is 4.91. The van der Waals surface area contributed by atoms with E-state index in [4.69, 9.17) is 4.74 Å². The molecular weight excluding hydrogens is 230 g/mol. The van der Waals surface area contributed by atoms with Gasteiger partial charge >= 0.3 is 0 Å². The summed E-state index contributed by atoms with van der Waals surface area (Å²) in [7, 11) is 0. The number of rotatable bonds is 5. The van der Waals surface area contributed by atoms with Gasteiger partial charge in [-0.25, -0.2) is 0 Å². The van der Waals surface area contributed by atoms with Gasteiger partial charge in [-0.15, -0.1) is 0 Å². The number of hydrogen-bond acceptors (Lipinski definition) is 4. The molecule has 0 aromatic rings. The third-order valence-electron chi connectivity index (χ3n) is 4.50. The Hall–Kier alpha value is -0.450. The van der Waals surface area contributed by atoms with Crippen molar-refractivity contribution in [2.75, 3.05) is 32.9 Å². The van der Waals surface area contributed by atoms with E-state index in [1.54, 1.807) is 0 Å². The summed E-state index contributed by atoms with van der Waals surface area (Å²) in [6, 6.07) is 0. The van der Waals surface area contributed by atoms with Crippen molar-refractivity contribution >= 4 is 5.78 Å². The Morgan fingerprint density at radius 2 is 2.00 bits per heavy atom. The summed E-state index contributed by atoms with van der Waals surface area (Å²) >= 11 is 0. The zero-order chi connectivity index (χ0) is 13.4. The van der Waals surface area contributed by atoms with E-state index in [1.165, 1.54) is 0 Å². The molecule has 3 aliphatic heterocycles. The van der Waals surface area contributed by atoms with Crippen LogP contribution in [0.5, 0.6) is 0 Å². The monoisotopic (exact) mass is 255 g/mol. The summed E-state index contributed by atoms with van der Waals surface area (Å²) < 4.78 is 5.67.